The summed E-state index contributed by atoms with van der Waals surface area (Å²) in [5.74, 6) is 0.341. The molecule has 0 spiro atoms. The van der Waals surface area contributed by atoms with Crippen LogP contribution in [0.3, 0.4) is 0 Å². The van der Waals surface area contributed by atoms with Crippen LogP contribution < -0.4 is 5.63 Å². The van der Waals surface area contributed by atoms with Gasteiger partial charge in [-0.25, -0.2) is 13.2 Å². The van der Waals surface area contributed by atoms with Crippen LogP contribution >= 0.6 is 0 Å². The van der Waals surface area contributed by atoms with Gasteiger partial charge in [0.25, 0.3) is 0 Å². The zero-order valence-electron chi connectivity index (χ0n) is 18.2. The Balaban J connectivity index is 1.65. The standard InChI is InChI=1S/C23H31NO5S/c1-5-18-12-17(13-19-6-7-21(26)29-22(18)19)14-20(25)24-10-8-16(9-11-24)15-30(27,28)23(2,3)4/h6-7,12-13,16H,5,8-11,14-15H2,1-4H3. The molecule has 0 radical (unpaired) electrons. The number of likely N-dealkylation sites (tertiary alicyclic amines) is 1. The van der Waals surface area contributed by atoms with E-state index in [0.29, 0.717) is 37.9 Å². The van der Waals surface area contributed by atoms with Crippen LogP contribution in [0.15, 0.2) is 33.5 Å². The minimum atomic E-state index is -3.15. The van der Waals surface area contributed by atoms with Crippen molar-refractivity contribution in [2.24, 2.45) is 5.92 Å². The third kappa shape index (κ3) is 4.94. The van der Waals surface area contributed by atoms with Crippen LogP contribution in [0.1, 0.15) is 51.7 Å². The molecular weight excluding hydrogens is 402 g/mol. The molecule has 0 saturated carbocycles. The van der Waals surface area contributed by atoms with Gasteiger partial charge < -0.3 is 9.32 Å². The molecule has 0 atom stereocenters. The predicted octanol–water partition coefficient (Wildman–Crippen LogP) is 3.35. The van der Waals surface area contributed by atoms with Gasteiger partial charge in [0.2, 0.25) is 5.91 Å². The molecule has 7 heteroatoms. The summed E-state index contributed by atoms with van der Waals surface area (Å²) in [6.07, 6.45) is 2.42. The fourth-order valence-electron chi connectivity index (χ4n) is 3.88. The first-order valence-corrected chi connectivity index (χ1v) is 12.2. The van der Waals surface area contributed by atoms with E-state index in [4.69, 9.17) is 4.42 Å². The lowest BCUT2D eigenvalue weighted by Crippen LogP contribution is -2.42. The van der Waals surface area contributed by atoms with Crippen molar-refractivity contribution in [2.45, 2.75) is 58.1 Å². The molecule has 1 aromatic carbocycles. The number of rotatable bonds is 5. The summed E-state index contributed by atoms with van der Waals surface area (Å²) in [5, 5.41) is 0.822. The first-order valence-electron chi connectivity index (χ1n) is 10.6. The maximum atomic E-state index is 12.8. The lowest BCUT2D eigenvalue weighted by Gasteiger charge is -2.33. The summed E-state index contributed by atoms with van der Waals surface area (Å²) in [6, 6.07) is 6.96. The number of benzene rings is 1. The van der Waals surface area contributed by atoms with E-state index in [0.717, 1.165) is 16.5 Å². The molecule has 3 rings (SSSR count). The van der Waals surface area contributed by atoms with Gasteiger partial charge in [0.1, 0.15) is 5.58 Å². The van der Waals surface area contributed by atoms with Crippen molar-refractivity contribution in [1.82, 2.24) is 4.90 Å². The van der Waals surface area contributed by atoms with E-state index in [-0.39, 0.29) is 29.6 Å². The Morgan fingerprint density at radius 3 is 2.43 bits per heavy atom. The third-order valence-corrected chi connectivity index (χ3v) is 8.72. The van der Waals surface area contributed by atoms with Gasteiger partial charge in [0.15, 0.2) is 9.84 Å². The Hall–Kier alpha value is -2.15. The minimum Gasteiger partial charge on any atom is -0.422 e. The van der Waals surface area contributed by atoms with E-state index >= 15 is 0 Å². The molecule has 1 aliphatic heterocycles. The monoisotopic (exact) mass is 433 g/mol. The van der Waals surface area contributed by atoms with E-state index in [1.807, 2.05) is 24.0 Å². The number of fused-ring (bicyclic) bond motifs is 1. The van der Waals surface area contributed by atoms with Crippen LogP contribution in [0.2, 0.25) is 0 Å². The van der Waals surface area contributed by atoms with E-state index in [1.54, 1.807) is 26.8 Å². The number of aryl methyl sites for hydroxylation is 1. The average molecular weight is 434 g/mol. The van der Waals surface area contributed by atoms with Gasteiger partial charge in [-0.15, -0.1) is 0 Å². The van der Waals surface area contributed by atoms with Crippen molar-refractivity contribution in [2.75, 3.05) is 18.8 Å². The maximum absolute atomic E-state index is 12.8. The Morgan fingerprint density at radius 2 is 1.83 bits per heavy atom. The maximum Gasteiger partial charge on any atom is 0.336 e. The highest BCUT2D eigenvalue weighted by Crippen LogP contribution is 2.26. The summed E-state index contributed by atoms with van der Waals surface area (Å²) in [5.41, 5.74) is 2.02. The fraction of sp³-hybridized carbons (Fsp3) is 0.565. The molecule has 1 fully saturated rings. The quantitative estimate of drug-likeness (QED) is 0.675. The Labute approximate surface area is 178 Å². The summed E-state index contributed by atoms with van der Waals surface area (Å²) >= 11 is 0. The van der Waals surface area contributed by atoms with Crippen molar-refractivity contribution in [1.29, 1.82) is 0 Å². The molecule has 0 N–H and O–H groups in total. The van der Waals surface area contributed by atoms with Crippen molar-refractivity contribution in [3.63, 3.8) is 0 Å². The van der Waals surface area contributed by atoms with Crippen molar-refractivity contribution >= 4 is 26.7 Å². The van der Waals surface area contributed by atoms with Crippen LogP contribution in [-0.4, -0.2) is 42.8 Å². The summed E-state index contributed by atoms with van der Waals surface area (Å²) in [4.78, 5) is 26.2. The van der Waals surface area contributed by atoms with E-state index < -0.39 is 14.6 Å². The molecule has 0 unspecified atom stereocenters. The number of amides is 1. The lowest BCUT2D eigenvalue weighted by molar-refractivity contribution is -0.131. The fourth-order valence-corrected chi connectivity index (χ4v) is 5.34. The zero-order chi connectivity index (χ0) is 22.1. The van der Waals surface area contributed by atoms with Crippen LogP contribution in [0.25, 0.3) is 11.0 Å². The molecule has 1 saturated heterocycles. The molecule has 30 heavy (non-hydrogen) atoms. The number of carbonyl (C=O) groups excluding carboxylic acids is 1. The van der Waals surface area contributed by atoms with Crippen LogP contribution in [-0.2, 0) is 27.5 Å². The first-order chi connectivity index (χ1) is 14.0. The smallest absolute Gasteiger partial charge is 0.336 e. The van der Waals surface area contributed by atoms with Gasteiger partial charge in [-0.05, 0) is 69.2 Å². The summed E-state index contributed by atoms with van der Waals surface area (Å²) in [6.45, 7) is 8.38. The minimum absolute atomic E-state index is 0.0471. The second-order valence-electron chi connectivity index (χ2n) is 9.18. The summed E-state index contributed by atoms with van der Waals surface area (Å²) in [7, 11) is -3.15. The van der Waals surface area contributed by atoms with E-state index in [9.17, 15) is 18.0 Å². The van der Waals surface area contributed by atoms with Gasteiger partial charge >= 0.3 is 5.63 Å². The number of hydrogen-bond donors (Lipinski definition) is 0. The molecule has 1 aliphatic rings. The highest BCUT2D eigenvalue weighted by Gasteiger charge is 2.33. The molecule has 2 heterocycles. The molecule has 0 aliphatic carbocycles. The topological polar surface area (TPSA) is 84.7 Å². The second-order valence-corrected chi connectivity index (χ2v) is 12.0. The Morgan fingerprint density at radius 1 is 1.17 bits per heavy atom. The highest BCUT2D eigenvalue weighted by molar-refractivity contribution is 7.92. The first kappa shape index (κ1) is 22.5. The van der Waals surface area contributed by atoms with Crippen molar-refractivity contribution < 1.29 is 17.6 Å². The molecule has 2 aromatic rings. The third-order valence-electron chi connectivity index (χ3n) is 5.95. The number of carbonyl (C=O) groups is 1. The van der Waals surface area contributed by atoms with Gasteiger partial charge in [-0.2, -0.15) is 0 Å². The van der Waals surface area contributed by atoms with Gasteiger partial charge in [0.05, 0.1) is 16.9 Å². The molecular formula is C23H31NO5S. The number of piperidine rings is 1. The highest BCUT2D eigenvalue weighted by atomic mass is 32.2. The van der Waals surface area contributed by atoms with Gasteiger partial charge in [-0.3, -0.25) is 4.79 Å². The van der Waals surface area contributed by atoms with Gasteiger partial charge in [-0.1, -0.05) is 13.0 Å². The molecule has 1 aromatic heterocycles. The molecule has 0 bridgehead atoms. The number of nitrogens with zero attached hydrogens (tertiary/aromatic N) is 1. The van der Waals surface area contributed by atoms with Crippen molar-refractivity contribution in [3.05, 3.63) is 45.8 Å². The Kier molecular flexibility index (Phi) is 6.41. The van der Waals surface area contributed by atoms with Crippen LogP contribution in [0.4, 0.5) is 0 Å². The SMILES string of the molecule is CCc1cc(CC(=O)N2CCC(CS(=O)(=O)C(C)(C)C)CC2)cc2ccc(=O)oc12. The van der Waals surface area contributed by atoms with Crippen LogP contribution in [0, 0.1) is 5.92 Å². The van der Waals surface area contributed by atoms with E-state index in [2.05, 4.69) is 0 Å². The molecule has 164 valence electrons. The number of hydrogen-bond acceptors (Lipinski definition) is 5. The van der Waals surface area contributed by atoms with Crippen molar-refractivity contribution in [3.8, 4) is 0 Å². The lowest BCUT2D eigenvalue weighted by atomic mass is 9.97. The van der Waals surface area contributed by atoms with E-state index in [1.165, 1.54) is 6.07 Å². The largest absolute Gasteiger partial charge is 0.422 e. The zero-order valence-corrected chi connectivity index (χ0v) is 19.0. The normalized spacial score (nSPS) is 16.2. The molecule has 1 amide bonds. The van der Waals surface area contributed by atoms with Gasteiger partial charge in [0, 0.05) is 24.5 Å². The average Bonchev–Trinajstić information content (AvgIpc) is 2.67. The van der Waals surface area contributed by atoms with Crippen LogP contribution in [0.5, 0.6) is 0 Å². The number of sulfone groups is 1. The second kappa shape index (κ2) is 8.53. The predicted molar refractivity (Wildman–Crippen MR) is 118 cm³/mol. The Bertz CT molecular complexity index is 1090. The molecule has 6 nitrogen and oxygen atoms in total. The summed E-state index contributed by atoms with van der Waals surface area (Å²) < 4.78 is 29.5.